The molecule has 0 spiro atoms. The number of benzene rings is 1. The van der Waals surface area contributed by atoms with E-state index in [4.69, 9.17) is 9.73 Å². The van der Waals surface area contributed by atoms with Crippen molar-refractivity contribution in [3.8, 4) is 0 Å². The van der Waals surface area contributed by atoms with Crippen LogP contribution in [-0.4, -0.2) is 56.8 Å². The molecule has 0 aromatic heterocycles. The summed E-state index contributed by atoms with van der Waals surface area (Å²) in [5, 5.41) is 3.43. The zero-order chi connectivity index (χ0) is 15.2. The van der Waals surface area contributed by atoms with E-state index >= 15 is 0 Å². The van der Waals surface area contributed by atoms with Gasteiger partial charge in [-0.05, 0) is 18.6 Å². The molecule has 1 aromatic carbocycles. The first kappa shape index (κ1) is 15.2. The summed E-state index contributed by atoms with van der Waals surface area (Å²) in [4.78, 5) is 9.65. The minimum Gasteiger partial charge on any atom is -0.378 e. The molecule has 0 unspecified atom stereocenters. The Kier molecular flexibility index (Phi) is 5.16. The van der Waals surface area contributed by atoms with Crippen molar-refractivity contribution in [2.75, 3.05) is 50.8 Å². The number of hydrogen-bond donors (Lipinski definition) is 1. The zero-order valence-electron chi connectivity index (χ0n) is 13.4. The maximum Gasteiger partial charge on any atom is 0.199 e. The van der Waals surface area contributed by atoms with Gasteiger partial charge in [0.15, 0.2) is 5.96 Å². The molecule has 3 rings (SSSR count). The number of morpholine rings is 1. The number of ether oxygens (including phenoxy) is 1. The highest BCUT2D eigenvalue weighted by Crippen LogP contribution is 2.29. The summed E-state index contributed by atoms with van der Waals surface area (Å²) >= 11 is 0. The fourth-order valence-electron chi connectivity index (χ4n) is 2.94. The Morgan fingerprint density at radius 1 is 1.18 bits per heavy atom. The lowest BCUT2D eigenvalue weighted by atomic mass is 10.2. The number of aliphatic imine (C=N–C) groups is 1. The first-order valence-corrected chi connectivity index (χ1v) is 8.37. The molecule has 2 aliphatic heterocycles. The van der Waals surface area contributed by atoms with Gasteiger partial charge in [-0.3, -0.25) is 0 Å². The Hall–Kier alpha value is -1.75. The average Bonchev–Trinajstić information content (AvgIpc) is 3.01. The molecule has 2 heterocycles. The zero-order valence-corrected chi connectivity index (χ0v) is 13.4. The van der Waals surface area contributed by atoms with Crippen LogP contribution < -0.4 is 10.2 Å². The molecule has 0 radical (unpaired) electrons. The maximum absolute atomic E-state index is 5.46. The number of rotatable bonds is 5. The van der Waals surface area contributed by atoms with Crippen LogP contribution in [0.3, 0.4) is 0 Å². The molecular weight excluding hydrogens is 276 g/mol. The van der Waals surface area contributed by atoms with E-state index in [9.17, 15) is 0 Å². The summed E-state index contributed by atoms with van der Waals surface area (Å²) in [5.74, 6) is 1.02. The highest BCUT2D eigenvalue weighted by atomic mass is 16.5. The molecule has 0 bridgehead atoms. The largest absolute Gasteiger partial charge is 0.378 e. The van der Waals surface area contributed by atoms with Gasteiger partial charge in [0.05, 0.1) is 24.6 Å². The molecular formula is C17H26N4O. The Balaban J connectivity index is 1.80. The van der Waals surface area contributed by atoms with E-state index in [1.54, 1.807) is 0 Å². The number of nitrogens with one attached hydrogen (secondary N) is 1. The van der Waals surface area contributed by atoms with Crippen molar-refractivity contribution in [3.05, 3.63) is 24.3 Å². The molecule has 5 heteroatoms. The van der Waals surface area contributed by atoms with Crippen LogP contribution in [-0.2, 0) is 4.74 Å². The van der Waals surface area contributed by atoms with Crippen LogP contribution >= 0.6 is 0 Å². The summed E-state index contributed by atoms with van der Waals surface area (Å²) in [6.45, 7) is 8.83. The molecule has 2 saturated heterocycles. The third kappa shape index (κ3) is 3.53. The van der Waals surface area contributed by atoms with Crippen LogP contribution in [0.2, 0.25) is 0 Å². The van der Waals surface area contributed by atoms with Crippen LogP contribution in [0.1, 0.15) is 19.8 Å². The Labute approximate surface area is 133 Å². The highest BCUT2D eigenvalue weighted by Gasteiger charge is 2.19. The molecule has 2 aliphatic rings. The third-order valence-electron chi connectivity index (χ3n) is 4.21. The summed E-state index contributed by atoms with van der Waals surface area (Å²) in [7, 11) is 0. The fraction of sp³-hybridized carbons (Fsp3) is 0.588. The van der Waals surface area contributed by atoms with Gasteiger partial charge in [0.25, 0.3) is 0 Å². The van der Waals surface area contributed by atoms with Crippen molar-refractivity contribution in [2.45, 2.75) is 19.8 Å². The van der Waals surface area contributed by atoms with Gasteiger partial charge in [-0.1, -0.05) is 25.5 Å². The van der Waals surface area contributed by atoms with E-state index in [-0.39, 0.29) is 0 Å². The van der Waals surface area contributed by atoms with Gasteiger partial charge < -0.3 is 19.9 Å². The predicted octanol–water partition coefficient (Wildman–Crippen LogP) is 2.22. The normalized spacial score (nSPS) is 20.5. The molecule has 1 N–H and O–H groups in total. The van der Waals surface area contributed by atoms with Crippen molar-refractivity contribution in [3.63, 3.8) is 0 Å². The lowest BCUT2D eigenvalue weighted by Gasteiger charge is -2.30. The Morgan fingerprint density at radius 3 is 2.82 bits per heavy atom. The number of para-hydroxylation sites is 2. The van der Waals surface area contributed by atoms with E-state index in [1.807, 2.05) is 0 Å². The fourth-order valence-corrected chi connectivity index (χ4v) is 2.94. The van der Waals surface area contributed by atoms with Crippen molar-refractivity contribution in [1.29, 1.82) is 0 Å². The standard InChI is InChI=1S/C17H26N4O/c1-2-3-9-21-10-8-18-17(21)19-15-6-4-5-7-16(15)20-11-13-22-14-12-20/h4-7H,2-3,8-14H2,1H3,(H,18,19). The Morgan fingerprint density at radius 2 is 2.00 bits per heavy atom. The van der Waals surface area contributed by atoms with Gasteiger partial charge in [-0.25, -0.2) is 4.99 Å². The van der Waals surface area contributed by atoms with E-state index in [1.165, 1.54) is 18.5 Å². The first-order chi connectivity index (χ1) is 10.9. The monoisotopic (exact) mass is 302 g/mol. The molecule has 0 aliphatic carbocycles. The molecule has 5 nitrogen and oxygen atoms in total. The number of hydrogen-bond acceptors (Lipinski definition) is 3. The molecule has 0 atom stereocenters. The van der Waals surface area contributed by atoms with E-state index < -0.39 is 0 Å². The number of nitrogens with zero attached hydrogens (tertiary/aromatic N) is 3. The molecule has 0 saturated carbocycles. The van der Waals surface area contributed by atoms with Crippen LogP contribution in [0.25, 0.3) is 0 Å². The van der Waals surface area contributed by atoms with Crippen molar-refractivity contribution >= 4 is 17.3 Å². The van der Waals surface area contributed by atoms with Crippen molar-refractivity contribution in [1.82, 2.24) is 10.2 Å². The quantitative estimate of drug-likeness (QED) is 0.905. The minimum absolute atomic E-state index is 0.797. The van der Waals surface area contributed by atoms with E-state index in [2.05, 4.69) is 46.3 Å². The summed E-state index contributed by atoms with van der Waals surface area (Å²) < 4.78 is 5.46. The number of unbranched alkanes of at least 4 members (excludes halogenated alkanes) is 1. The van der Waals surface area contributed by atoms with Crippen LogP contribution in [0.4, 0.5) is 11.4 Å². The second-order valence-corrected chi connectivity index (χ2v) is 5.79. The topological polar surface area (TPSA) is 40.1 Å². The van der Waals surface area contributed by atoms with Crippen LogP contribution in [0.5, 0.6) is 0 Å². The molecule has 2 fully saturated rings. The maximum atomic E-state index is 5.46. The van der Waals surface area contributed by atoms with E-state index in [0.29, 0.717) is 0 Å². The Bertz CT molecular complexity index is 511. The summed E-state index contributed by atoms with van der Waals surface area (Å²) in [6.07, 6.45) is 2.43. The molecule has 22 heavy (non-hydrogen) atoms. The highest BCUT2D eigenvalue weighted by molar-refractivity contribution is 5.86. The van der Waals surface area contributed by atoms with Gasteiger partial charge in [0.2, 0.25) is 0 Å². The molecule has 1 aromatic rings. The van der Waals surface area contributed by atoms with Crippen molar-refractivity contribution in [2.24, 2.45) is 4.99 Å². The smallest absolute Gasteiger partial charge is 0.199 e. The van der Waals surface area contributed by atoms with Gasteiger partial charge in [0.1, 0.15) is 0 Å². The second kappa shape index (κ2) is 7.49. The third-order valence-corrected chi connectivity index (χ3v) is 4.21. The lowest BCUT2D eigenvalue weighted by Crippen LogP contribution is -2.36. The van der Waals surface area contributed by atoms with E-state index in [0.717, 1.165) is 57.6 Å². The van der Waals surface area contributed by atoms with Gasteiger partial charge in [-0.15, -0.1) is 0 Å². The average molecular weight is 302 g/mol. The number of anilines is 1. The van der Waals surface area contributed by atoms with Gasteiger partial charge in [0, 0.05) is 32.7 Å². The van der Waals surface area contributed by atoms with Crippen molar-refractivity contribution < 1.29 is 4.74 Å². The first-order valence-electron chi connectivity index (χ1n) is 8.37. The SMILES string of the molecule is CCCCN1CCN/C1=N\c1ccccc1N1CCOCC1. The summed E-state index contributed by atoms with van der Waals surface area (Å²) in [6, 6.07) is 8.42. The second-order valence-electron chi connectivity index (χ2n) is 5.79. The minimum atomic E-state index is 0.797. The summed E-state index contributed by atoms with van der Waals surface area (Å²) in [5.41, 5.74) is 2.26. The van der Waals surface area contributed by atoms with Crippen LogP contribution in [0.15, 0.2) is 29.3 Å². The molecule has 120 valence electrons. The van der Waals surface area contributed by atoms with Crippen LogP contribution in [0, 0.1) is 0 Å². The number of guanidine groups is 1. The van der Waals surface area contributed by atoms with Gasteiger partial charge >= 0.3 is 0 Å². The van der Waals surface area contributed by atoms with Gasteiger partial charge in [-0.2, -0.15) is 0 Å². The molecule has 0 amide bonds. The lowest BCUT2D eigenvalue weighted by molar-refractivity contribution is 0.123. The predicted molar refractivity (Wildman–Crippen MR) is 91.1 cm³/mol.